The molecular weight excluding hydrogens is 244 g/mol. The van der Waals surface area contributed by atoms with Crippen LogP contribution in [0.4, 0.5) is 0 Å². The third-order valence-electron chi connectivity index (χ3n) is 2.75. The summed E-state index contributed by atoms with van der Waals surface area (Å²) in [5.74, 6) is -0.859. The van der Waals surface area contributed by atoms with E-state index in [1.165, 1.54) is 11.1 Å². The molecule has 1 aromatic carbocycles. The Bertz CT molecular complexity index is 374. The minimum Gasteiger partial charge on any atom is -0.481 e. The summed E-state index contributed by atoms with van der Waals surface area (Å²) in [4.78, 5) is 10.8. The second-order valence-corrected chi connectivity index (χ2v) is 4.61. The molecule has 0 saturated heterocycles. The van der Waals surface area contributed by atoms with Crippen LogP contribution < -0.4 is 0 Å². The Balaban J connectivity index is 2.27. The Morgan fingerprint density at radius 2 is 2.21 bits per heavy atom. The first-order valence-corrected chi connectivity index (χ1v) is 5.46. The summed E-state index contributed by atoms with van der Waals surface area (Å²) in [5, 5.41) is 8.91. The molecule has 0 spiro atoms. The molecule has 1 N–H and O–H groups in total. The molecule has 2 nitrogen and oxygen atoms in total. The molecule has 0 amide bonds. The van der Waals surface area contributed by atoms with Gasteiger partial charge in [0, 0.05) is 4.47 Å². The van der Waals surface area contributed by atoms with E-state index in [-0.39, 0.29) is 5.92 Å². The van der Waals surface area contributed by atoms with Gasteiger partial charge in [-0.2, -0.15) is 0 Å². The van der Waals surface area contributed by atoms with Gasteiger partial charge in [-0.25, -0.2) is 0 Å². The van der Waals surface area contributed by atoms with Gasteiger partial charge < -0.3 is 5.11 Å². The van der Waals surface area contributed by atoms with E-state index in [1.807, 2.05) is 12.1 Å². The van der Waals surface area contributed by atoms with Crippen molar-refractivity contribution in [3.63, 3.8) is 0 Å². The first kappa shape index (κ1) is 9.71. The Labute approximate surface area is 91.1 Å². The number of hydrogen-bond acceptors (Lipinski definition) is 1. The minimum absolute atomic E-state index is 0.191. The smallest absolute Gasteiger partial charge is 0.306 e. The van der Waals surface area contributed by atoms with Crippen molar-refractivity contribution in [2.45, 2.75) is 19.3 Å². The highest BCUT2D eigenvalue weighted by atomic mass is 79.9. The first-order chi connectivity index (χ1) is 6.66. The lowest BCUT2D eigenvalue weighted by atomic mass is 9.84. The maximum atomic E-state index is 10.8. The van der Waals surface area contributed by atoms with Crippen LogP contribution in [0.5, 0.6) is 0 Å². The SMILES string of the molecule is O=C(O)[C@H]1CCc2cc(Br)ccc2C1. The van der Waals surface area contributed by atoms with Gasteiger partial charge in [-0.15, -0.1) is 0 Å². The Morgan fingerprint density at radius 3 is 2.93 bits per heavy atom. The molecule has 1 aliphatic rings. The van der Waals surface area contributed by atoms with Crippen molar-refractivity contribution in [1.82, 2.24) is 0 Å². The van der Waals surface area contributed by atoms with E-state index >= 15 is 0 Å². The third-order valence-corrected chi connectivity index (χ3v) is 3.24. The van der Waals surface area contributed by atoms with Crippen molar-refractivity contribution in [2.24, 2.45) is 5.92 Å². The average Bonchev–Trinajstić information content (AvgIpc) is 2.16. The molecule has 14 heavy (non-hydrogen) atoms. The van der Waals surface area contributed by atoms with E-state index in [4.69, 9.17) is 5.11 Å². The highest BCUT2D eigenvalue weighted by molar-refractivity contribution is 9.10. The molecule has 0 saturated carbocycles. The molecule has 0 fully saturated rings. The van der Waals surface area contributed by atoms with Gasteiger partial charge in [0.05, 0.1) is 5.92 Å². The number of carbonyl (C=O) groups is 1. The van der Waals surface area contributed by atoms with Gasteiger partial charge in [-0.3, -0.25) is 4.79 Å². The number of carboxylic acids is 1. The molecule has 1 atom stereocenters. The number of benzene rings is 1. The van der Waals surface area contributed by atoms with Gasteiger partial charge in [0.1, 0.15) is 0 Å². The van der Waals surface area contributed by atoms with E-state index in [0.717, 1.165) is 17.3 Å². The van der Waals surface area contributed by atoms with Gasteiger partial charge in [0.2, 0.25) is 0 Å². The number of hydrogen-bond donors (Lipinski definition) is 1. The molecule has 0 aromatic heterocycles. The van der Waals surface area contributed by atoms with E-state index in [1.54, 1.807) is 0 Å². The van der Waals surface area contributed by atoms with Crippen LogP contribution in [0, 0.1) is 5.92 Å². The van der Waals surface area contributed by atoms with Crippen LogP contribution in [0.2, 0.25) is 0 Å². The fraction of sp³-hybridized carbons (Fsp3) is 0.364. The number of aliphatic carboxylic acids is 1. The number of rotatable bonds is 1. The molecule has 0 unspecified atom stereocenters. The molecule has 1 aromatic rings. The molecule has 0 radical (unpaired) electrons. The molecular formula is C11H11BrO2. The van der Waals surface area contributed by atoms with E-state index < -0.39 is 5.97 Å². The van der Waals surface area contributed by atoms with Crippen molar-refractivity contribution in [2.75, 3.05) is 0 Å². The number of fused-ring (bicyclic) bond motifs is 1. The zero-order chi connectivity index (χ0) is 10.1. The lowest BCUT2D eigenvalue weighted by Crippen LogP contribution is -2.22. The number of carboxylic acid groups (broad SMARTS) is 1. The maximum absolute atomic E-state index is 10.8. The molecule has 74 valence electrons. The summed E-state index contributed by atoms with van der Waals surface area (Å²) in [6, 6.07) is 6.09. The number of halogens is 1. The normalized spacial score (nSPS) is 20.2. The highest BCUT2D eigenvalue weighted by Crippen LogP contribution is 2.27. The zero-order valence-electron chi connectivity index (χ0n) is 7.66. The lowest BCUT2D eigenvalue weighted by Gasteiger charge is -2.21. The molecule has 0 bridgehead atoms. The summed E-state index contributed by atoms with van der Waals surface area (Å²) in [6.45, 7) is 0. The summed E-state index contributed by atoms with van der Waals surface area (Å²) < 4.78 is 1.07. The van der Waals surface area contributed by atoms with Crippen LogP contribution in [0.3, 0.4) is 0 Å². The fourth-order valence-corrected chi connectivity index (χ4v) is 2.34. The van der Waals surface area contributed by atoms with E-state index in [9.17, 15) is 4.79 Å². The summed E-state index contributed by atoms with van der Waals surface area (Å²) in [6.07, 6.45) is 2.32. The minimum atomic E-state index is -0.668. The molecule has 3 heteroatoms. The quantitative estimate of drug-likeness (QED) is 0.837. The Morgan fingerprint density at radius 1 is 1.43 bits per heavy atom. The maximum Gasteiger partial charge on any atom is 0.306 e. The zero-order valence-corrected chi connectivity index (χ0v) is 9.25. The van der Waals surface area contributed by atoms with Crippen molar-refractivity contribution < 1.29 is 9.90 Å². The van der Waals surface area contributed by atoms with E-state index in [2.05, 4.69) is 22.0 Å². The van der Waals surface area contributed by atoms with Crippen LogP contribution >= 0.6 is 15.9 Å². The van der Waals surface area contributed by atoms with Gasteiger partial charge in [0.25, 0.3) is 0 Å². The summed E-state index contributed by atoms with van der Waals surface area (Å²) in [7, 11) is 0. The predicted octanol–water partition coefficient (Wildman–Crippen LogP) is 2.64. The molecule has 2 rings (SSSR count). The van der Waals surface area contributed by atoms with Crippen molar-refractivity contribution >= 4 is 21.9 Å². The number of aryl methyl sites for hydroxylation is 1. The van der Waals surface area contributed by atoms with Gasteiger partial charge in [0.15, 0.2) is 0 Å². The van der Waals surface area contributed by atoms with Gasteiger partial charge in [-0.05, 0) is 42.5 Å². The van der Waals surface area contributed by atoms with Crippen LogP contribution in [-0.2, 0) is 17.6 Å². The second-order valence-electron chi connectivity index (χ2n) is 3.69. The van der Waals surface area contributed by atoms with Gasteiger partial charge in [-0.1, -0.05) is 22.0 Å². The van der Waals surface area contributed by atoms with Crippen LogP contribution in [0.15, 0.2) is 22.7 Å². The first-order valence-electron chi connectivity index (χ1n) is 4.67. The largest absolute Gasteiger partial charge is 0.481 e. The van der Waals surface area contributed by atoms with Gasteiger partial charge >= 0.3 is 5.97 Å². The monoisotopic (exact) mass is 254 g/mol. The summed E-state index contributed by atoms with van der Waals surface area (Å²) >= 11 is 3.42. The predicted molar refractivity (Wildman–Crippen MR) is 57.3 cm³/mol. The van der Waals surface area contributed by atoms with E-state index in [0.29, 0.717) is 6.42 Å². The van der Waals surface area contributed by atoms with Crippen molar-refractivity contribution in [3.05, 3.63) is 33.8 Å². The third kappa shape index (κ3) is 1.82. The van der Waals surface area contributed by atoms with Crippen LogP contribution in [-0.4, -0.2) is 11.1 Å². The standard InChI is InChI=1S/C11H11BrO2/c12-10-4-3-7-5-9(11(13)14)2-1-8(7)6-10/h3-4,6,9H,1-2,5H2,(H,13,14)/t9-/m0/s1. The Hall–Kier alpha value is -0.830. The summed E-state index contributed by atoms with van der Waals surface area (Å²) in [5.41, 5.74) is 2.48. The second kappa shape index (κ2) is 3.73. The molecule has 0 heterocycles. The fourth-order valence-electron chi connectivity index (χ4n) is 1.93. The van der Waals surface area contributed by atoms with Crippen molar-refractivity contribution in [1.29, 1.82) is 0 Å². The van der Waals surface area contributed by atoms with Crippen LogP contribution in [0.25, 0.3) is 0 Å². The topological polar surface area (TPSA) is 37.3 Å². The molecule has 0 aliphatic heterocycles. The average molecular weight is 255 g/mol. The lowest BCUT2D eigenvalue weighted by molar-refractivity contribution is -0.142. The van der Waals surface area contributed by atoms with Crippen LogP contribution in [0.1, 0.15) is 17.5 Å². The molecule has 1 aliphatic carbocycles. The highest BCUT2D eigenvalue weighted by Gasteiger charge is 2.23. The van der Waals surface area contributed by atoms with Crippen molar-refractivity contribution in [3.8, 4) is 0 Å². The Kier molecular flexibility index (Phi) is 2.59.